The highest BCUT2D eigenvalue weighted by atomic mass is 19.4. The second kappa shape index (κ2) is 10.2. The Kier molecular flexibility index (Phi) is 7.04. The first-order chi connectivity index (χ1) is 17.3. The van der Waals surface area contributed by atoms with Crippen molar-refractivity contribution in [2.45, 2.75) is 19.6 Å². The highest BCUT2D eigenvalue weighted by molar-refractivity contribution is 5.87. The van der Waals surface area contributed by atoms with Gasteiger partial charge in [0.15, 0.2) is 28.5 Å². The Hall–Kier alpha value is -4.22. The van der Waals surface area contributed by atoms with Gasteiger partial charge in [0.05, 0.1) is 39.8 Å². The first-order valence-electron chi connectivity index (χ1n) is 11.0. The molecule has 4 aromatic rings. The largest absolute Gasteiger partial charge is 0.493 e. The number of methoxy groups -OCH3 is 3. The number of nitrogens with one attached hydrogen (secondary N) is 2. The fraction of sp³-hybridized carbons (Fsp3) is 0.292. The summed E-state index contributed by atoms with van der Waals surface area (Å²) in [5.74, 6) is 2.17. The summed E-state index contributed by atoms with van der Waals surface area (Å²) in [5.41, 5.74) is 1.58. The maximum Gasteiger partial charge on any atom is 0.416 e. The molecule has 0 saturated heterocycles. The lowest BCUT2D eigenvalue weighted by Crippen LogP contribution is -2.08. The maximum atomic E-state index is 12.9. The molecule has 0 unspecified atom stereocenters. The molecule has 0 amide bonds. The van der Waals surface area contributed by atoms with Crippen LogP contribution in [0.3, 0.4) is 0 Å². The van der Waals surface area contributed by atoms with E-state index in [0.29, 0.717) is 58.0 Å². The second-order valence-corrected chi connectivity index (χ2v) is 7.70. The van der Waals surface area contributed by atoms with Gasteiger partial charge >= 0.3 is 6.18 Å². The van der Waals surface area contributed by atoms with Crippen LogP contribution in [0.15, 0.2) is 42.7 Å². The van der Waals surface area contributed by atoms with Crippen LogP contribution < -0.4 is 24.8 Å². The lowest BCUT2D eigenvalue weighted by atomic mass is 10.1. The highest BCUT2D eigenvalue weighted by Gasteiger charge is 2.30. The molecule has 0 atom stereocenters. The van der Waals surface area contributed by atoms with Crippen LogP contribution in [0.2, 0.25) is 0 Å². The first-order valence-corrected chi connectivity index (χ1v) is 11.0. The fourth-order valence-corrected chi connectivity index (χ4v) is 3.67. The summed E-state index contributed by atoms with van der Waals surface area (Å²) >= 11 is 0. The third-order valence-corrected chi connectivity index (χ3v) is 5.36. The molecule has 12 heteroatoms. The topological polar surface area (TPSA) is 95.4 Å². The monoisotopic (exact) mass is 502 g/mol. The van der Waals surface area contributed by atoms with Crippen molar-refractivity contribution in [2.75, 3.05) is 38.5 Å². The van der Waals surface area contributed by atoms with Crippen LogP contribution in [0, 0.1) is 0 Å². The Balaban J connectivity index is 1.72. The van der Waals surface area contributed by atoms with E-state index >= 15 is 0 Å². The number of imidazole rings is 1. The van der Waals surface area contributed by atoms with E-state index in [0.717, 1.165) is 12.1 Å². The van der Waals surface area contributed by atoms with Gasteiger partial charge in [-0.2, -0.15) is 23.1 Å². The molecule has 0 fully saturated rings. The Morgan fingerprint density at radius 1 is 0.944 bits per heavy atom. The highest BCUT2D eigenvalue weighted by Crippen LogP contribution is 2.41. The molecule has 0 saturated carbocycles. The normalized spacial score (nSPS) is 11.4. The molecule has 9 nitrogen and oxygen atoms in total. The minimum atomic E-state index is -4.39. The number of nitrogens with zero attached hydrogens (tertiary/aromatic N) is 4. The van der Waals surface area contributed by atoms with Crippen molar-refractivity contribution < 1.29 is 27.4 Å². The van der Waals surface area contributed by atoms with Gasteiger partial charge in [-0.15, -0.1) is 0 Å². The van der Waals surface area contributed by atoms with Gasteiger partial charge in [0.1, 0.15) is 0 Å². The summed E-state index contributed by atoms with van der Waals surface area (Å²) in [5, 5.41) is 6.34. The van der Waals surface area contributed by atoms with Gasteiger partial charge in [-0.1, -0.05) is 12.1 Å². The van der Waals surface area contributed by atoms with Crippen LogP contribution in [-0.4, -0.2) is 47.4 Å². The number of hydrogen-bond donors (Lipinski definition) is 2. The second-order valence-electron chi connectivity index (χ2n) is 7.70. The smallest absolute Gasteiger partial charge is 0.416 e. The van der Waals surface area contributed by atoms with E-state index in [-0.39, 0.29) is 6.54 Å². The number of rotatable bonds is 9. The van der Waals surface area contributed by atoms with Crippen LogP contribution in [0.25, 0.3) is 11.2 Å². The summed E-state index contributed by atoms with van der Waals surface area (Å²) in [4.78, 5) is 13.6. The summed E-state index contributed by atoms with van der Waals surface area (Å²) < 4.78 is 56.7. The van der Waals surface area contributed by atoms with Crippen LogP contribution in [0.5, 0.6) is 17.2 Å². The van der Waals surface area contributed by atoms with Gasteiger partial charge < -0.3 is 29.4 Å². The fourth-order valence-electron chi connectivity index (χ4n) is 3.67. The van der Waals surface area contributed by atoms with Crippen LogP contribution in [0.4, 0.5) is 30.6 Å². The summed E-state index contributed by atoms with van der Waals surface area (Å²) in [6.45, 7) is 2.78. The van der Waals surface area contributed by atoms with Crippen molar-refractivity contribution in [3.8, 4) is 17.2 Å². The van der Waals surface area contributed by atoms with E-state index in [1.54, 1.807) is 23.0 Å². The Morgan fingerprint density at radius 3 is 2.17 bits per heavy atom. The third-order valence-electron chi connectivity index (χ3n) is 5.36. The van der Waals surface area contributed by atoms with Gasteiger partial charge in [0.2, 0.25) is 11.7 Å². The zero-order chi connectivity index (χ0) is 25.9. The quantitative estimate of drug-likeness (QED) is 0.327. The Labute approximate surface area is 205 Å². The van der Waals surface area contributed by atoms with Gasteiger partial charge in [-0.05, 0) is 24.6 Å². The molecule has 2 aromatic heterocycles. The van der Waals surface area contributed by atoms with Gasteiger partial charge in [-0.3, -0.25) is 0 Å². The van der Waals surface area contributed by atoms with E-state index in [2.05, 4.69) is 25.6 Å². The molecule has 0 aliphatic carbocycles. The molecule has 0 aliphatic heterocycles. The summed E-state index contributed by atoms with van der Waals surface area (Å²) in [6.07, 6.45) is -2.81. The van der Waals surface area contributed by atoms with Gasteiger partial charge in [-0.25, -0.2) is 4.98 Å². The van der Waals surface area contributed by atoms with Crippen LogP contribution in [0.1, 0.15) is 18.1 Å². The number of aromatic nitrogens is 4. The number of ether oxygens (including phenoxy) is 3. The predicted octanol–water partition coefficient (Wildman–Crippen LogP) is 5.09. The number of alkyl halides is 3. The summed E-state index contributed by atoms with van der Waals surface area (Å²) in [7, 11) is 4.57. The Bertz CT molecular complexity index is 1330. The molecule has 0 bridgehead atoms. The lowest BCUT2D eigenvalue weighted by Gasteiger charge is -2.15. The van der Waals surface area contributed by atoms with E-state index in [4.69, 9.17) is 14.2 Å². The minimum absolute atomic E-state index is 0.279. The minimum Gasteiger partial charge on any atom is -0.493 e. The summed E-state index contributed by atoms with van der Waals surface area (Å²) in [6, 6.07) is 8.48. The number of fused-ring (bicyclic) bond motifs is 1. The van der Waals surface area contributed by atoms with Crippen molar-refractivity contribution in [1.29, 1.82) is 0 Å². The van der Waals surface area contributed by atoms with Crippen LogP contribution >= 0.6 is 0 Å². The number of hydrogen-bond acceptors (Lipinski definition) is 8. The van der Waals surface area contributed by atoms with E-state index in [1.807, 2.05) is 6.92 Å². The Morgan fingerprint density at radius 2 is 1.61 bits per heavy atom. The molecule has 0 aliphatic rings. The zero-order valence-corrected chi connectivity index (χ0v) is 20.1. The predicted molar refractivity (Wildman–Crippen MR) is 129 cm³/mol. The number of halogens is 3. The van der Waals surface area contributed by atoms with E-state index in [9.17, 15) is 13.2 Å². The van der Waals surface area contributed by atoms with Crippen molar-refractivity contribution in [1.82, 2.24) is 19.5 Å². The molecule has 2 aromatic carbocycles. The average Bonchev–Trinajstić information content (AvgIpc) is 3.26. The standard InChI is InChI=1S/C24H25F3N6O3/c1-5-28-23-31-21(30-16-10-17(34-2)20(36-4)18(11-16)35-3)19-22(32-23)33(13-29-19)12-14-6-8-15(9-7-14)24(25,26)27/h6-11,13H,5,12H2,1-4H3,(H2,28,30,31,32). The number of anilines is 3. The third kappa shape index (κ3) is 5.07. The van der Waals surface area contributed by atoms with Crippen molar-refractivity contribution in [3.63, 3.8) is 0 Å². The molecule has 2 N–H and O–H groups in total. The van der Waals surface area contributed by atoms with Crippen molar-refractivity contribution in [2.24, 2.45) is 0 Å². The lowest BCUT2D eigenvalue weighted by molar-refractivity contribution is -0.137. The zero-order valence-electron chi connectivity index (χ0n) is 20.1. The molecule has 190 valence electrons. The SMILES string of the molecule is CCNc1nc(Nc2cc(OC)c(OC)c(OC)c2)c2ncn(Cc3ccc(C(F)(F)F)cc3)c2n1. The number of benzene rings is 2. The average molecular weight is 502 g/mol. The first kappa shape index (κ1) is 24.9. The molecule has 0 spiro atoms. The molecule has 36 heavy (non-hydrogen) atoms. The van der Waals surface area contributed by atoms with E-state index < -0.39 is 11.7 Å². The molecule has 0 radical (unpaired) electrons. The van der Waals surface area contributed by atoms with Gasteiger partial charge in [0.25, 0.3) is 0 Å². The van der Waals surface area contributed by atoms with Gasteiger partial charge in [0, 0.05) is 24.4 Å². The molecule has 2 heterocycles. The molecular formula is C24H25F3N6O3. The maximum absolute atomic E-state index is 12.9. The molecule has 4 rings (SSSR count). The van der Waals surface area contributed by atoms with Crippen molar-refractivity contribution in [3.05, 3.63) is 53.9 Å². The van der Waals surface area contributed by atoms with Crippen LogP contribution in [-0.2, 0) is 12.7 Å². The van der Waals surface area contributed by atoms with Crippen molar-refractivity contribution >= 4 is 28.6 Å². The van der Waals surface area contributed by atoms with E-state index in [1.165, 1.54) is 33.5 Å². The molecular weight excluding hydrogens is 477 g/mol.